The monoisotopic (exact) mass is 341 g/mol. The van der Waals surface area contributed by atoms with Crippen molar-refractivity contribution in [2.75, 3.05) is 20.7 Å². The molecular weight excluding hydrogens is 326 g/mol. The van der Waals surface area contributed by atoms with Crippen LogP contribution < -0.4 is 4.74 Å². The third-order valence-electron chi connectivity index (χ3n) is 2.46. The van der Waals surface area contributed by atoms with Gasteiger partial charge >= 0.3 is 5.97 Å². The lowest BCUT2D eigenvalue weighted by Crippen LogP contribution is -2.23. The van der Waals surface area contributed by atoms with Crippen LogP contribution in [-0.4, -0.2) is 42.6 Å². The molecule has 0 bridgehead atoms. The zero-order chi connectivity index (χ0) is 15.1. The molecule has 0 unspecified atom stereocenters. The van der Waals surface area contributed by atoms with E-state index in [0.29, 0.717) is 15.8 Å². The van der Waals surface area contributed by atoms with Crippen molar-refractivity contribution < 1.29 is 19.4 Å². The van der Waals surface area contributed by atoms with Gasteiger partial charge in [0.1, 0.15) is 5.75 Å². The minimum atomic E-state index is -1.03. The second kappa shape index (κ2) is 7.69. The molecular formula is C14H16BrNO4. The van der Waals surface area contributed by atoms with Crippen LogP contribution in [0.5, 0.6) is 5.75 Å². The predicted octanol–water partition coefficient (Wildman–Crippen LogP) is 2.40. The number of carboxylic acids is 1. The molecule has 0 atom stereocenters. The van der Waals surface area contributed by atoms with Crippen molar-refractivity contribution in [3.05, 3.63) is 34.3 Å². The summed E-state index contributed by atoms with van der Waals surface area (Å²) < 4.78 is 6.29. The zero-order valence-electron chi connectivity index (χ0n) is 11.3. The van der Waals surface area contributed by atoms with Gasteiger partial charge in [-0.25, -0.2) is 4.79 Å². The summed E-state index contributed by atoms with van der Waals surface area (Å²) >= 11 is 3.35. The second-order valence-corrected chi connectivity index (χ2v) is 5.07. The summed E-state index contributed by atoms with van der Waals surface area (Å²) in [5.41, 5.74) is 0.638. The van der Waals surface area contributed by atoms with Gasteiger partial charge in [0.05, 0.1) is 17.5 Å². The lowest BCUT2D eigenvalue weighted by molar-refractivity contribution is -0.131. The Morgan fingerprint density at radius 3 is 2.70 bits per heavy atom. The van der Waals surface area contributed by atoms with Gasteiger partial charge in [-0.3, -0.25) is 4.79 Å². The number of hydrogen-bond donors (Lipinski definition) is 1. The maximum atomic E-state index is 11.5. The predicted molar refractivity (Wildman–Crippen MR) is 79.6 cm³/mol. The van der Waals surface area contributed by atoms with Crippen LogP contribution in [0.3, 0.4) is 0 Å². The summed E-state index contributed by atoms with van der Waals surface area (Å²) in [4.78, 5) is 23.5. The highest BCUT2D eigenvalue weighted by Crippen LogP contribution is 2.30. The fourth-order valence-electron chi connectivity index (χ4n) is 1.43. The smallest absolute Gasteiger partial charge is 0.328 e. The number of carboxylic acid groups (broad SMARTS) is 1. The molecule has 0 aliphatic heterocycles. The van der Waals surface area contributed by atoms with Gasteiger partial charge in [-0.05, 0) is 28.1 Å². The Kier molecular flexibility index (Phi) is 6.24. The maximum absolute atomic E-state index is 11.5. The first-order chi connectivity index (χ1) is 9.41. The molecule has 0 aromatic heterocycles. The molecule has 0 saturated carbocycles. The second-order valence-electron chi connectivity index (χ2n) is 4.22. The molecule has 0 radical (unpaired) electrons. The lowest BCUT2D eigenvalue weighted by Gasteiger charge is -2.13. The van der Waals surface area contributed by atoms with Crippen LogP contribution in [0.4, 0.5) is 0 Å². The number of benzene rings is 1. The Morgan fingerprint density at radius 1 is 1.40 bits per heavy atom. The van der Waals surface area contributed by atoms with Gasteiger partial charge in [-0.2, -0.15) is 0 Å². The normalized spacial score (nSPS) is 10.6. The third-order valence-corrected chi connectivity index (χ3v) is 3.09. The fraction of sp³-hybridized carbons (Fsp3) is 0.286. The van der Waals surface area contributed by atoms with Crippen molar-refractivity contribution in [1.82, 2.24) is 4.90 Å². The van der Waals surface area contributed by atoms with E-state index in [-0.39, 0.29) is 18.9 Å². The minimum Gasteiger partial charge on any atom is -0.491 e. The molecule has 1 N–H and O–H groups in total. The minimum absolute atomic E-state index is 0.0281. The average molecular weight is 342 g/mol. The van der Waals surface area contributed by atoms with Gasteiger partial charge in [0.25, 0.3) is 0 Å². The van der Waals surface area contributed by atoms with Gasteiger partial charge < -0.3 is 14.7 Å². The Balaban J connectivity index is 2.78. The molecule has 0 saturated heterocycles. The van der Waals surface area contributed by atoms with Crippen LogP contribution >= 0.6 is 15.9 Å². The summed E-state index contributed by atoms with van der Waals surface area (Å²) in [5, 5.41) is 8.66. The summed E-state index contributed by atoms with van der Waals surface area (Å²) in [6.07, 6.45) is 2.76. The van der Waals surface area contributed by atoms with E-state index < -0.39 is 5.97 Å². The van der Waals surface area contributed by atoms with Crippen molar-refractivity contribution >= 4 is 33.9 Å². The van der Waals surface area contributed by atoms with Crippen molar-refractivity contribution in [2.45, 2.75) is 6.42 Å². The largest absolute Gasteiger partial charge is 0.491 e. The summed E-state index contributed by atoms with van der Waals surface area (Å²) in [5.74, 6) is -0.532. The molecule has 5 nitrogen and oxygen atoms in total. The van der Waals surface area contributed by atoms with Crippen LogP contribution in [0, 0.1) is 0 Å². The van der Waals surface area contributed by atoms with Crippen molar-refractivity contribution in [2.24, 2.45) is 0 Å². The third kappa shape index (κ3) is 5.05. The Morgan fingerprint density at radius 2 is 2.10 bits per heavy atom. The van der Waals surface area contributed by atoms with E-state index in [2.05, 4.69) is 15.9 Å². The average Bonchev–Trinajstić information content (AvgIpc) is 2.38. The number of rotatable bonds is 6. The Bertz CT molecular complexity index is 526. The maximum Gasteiger partial charge on any atom is 0.328 e. The van der Waals surface area contributed by atoms with Crippen LogP contribution in [0.1, 0.15) is 12.0 Å². The number of nitrogens with zero attached hydrogens (tertiary/aromatic N) is 1. The summed E-state index contributed by atoms with van der Waals surface area (Å²) in [7, 11) is 3.36. The first kappa shape index (κ1) is 16.2. The van der Waals surface area contributed by atoms with Crippen molar-refractivity contribution in [3.8, 4) is 5.75 Å². The fourth-order valence-corrected chi connectivity index (χ4v) is 1.93. The first-order valence-corrected chi connectivity index (χ1v) is 6.73. The summed E-state index contributed by atoms with van der Waals surface area (Å²) in [6.45, 7) is 0.230. The molecule has 0 fully saturated rings. The van der Waals surface area contributed by atoms with Crippen LogP contribution in [-0.2, 0) is 9.59 Å². The summed E-state index contributed by atoms with van der Waals surface area (Å²) in [6, 6.07) is 5.32. The zero-order valence-corrected chi connectivity index (χ0v) is 12.9. The molecule has 1 aromatic rings. The number of amides is 1. The van der Waals surface area contributed by atoms with Crippen LogP contribution in [0.25, 0.3) is 6.08 Å². The number of ether oxygens (including phenoxy) is 1. The molecule has 1 amide bonds. The number of para-hydroxylation sites is 1. The Labute approximate surface area is 126 Å². The Hall–Kier alpha value is -1.82. The number of aliphatic carboxylic acids is 1. The van der Waals surface area contributed by atoms with E-state index in [1.165, 1.54) is 11.0 Å². The van der Waals surface area contributed by atoms with E-state index >= 15 is 0 Å². The van der Waals surface area contributed by atoms with Gasteiger partial charge in [-0.1, -0.05) is 12.1 Å². The van der Waals surface area contributed by atoms with Crippen molar-refractivity contribution in [1.29, 1.82) is 0 Å². The number of hydrogen-bond acceptors (Lipinski definition) is 3. The van der Waals surface area contributed by atoms with Crippen molar-refractivity contribution in [3.63, 3.8) is 0 Å². The van der Waals surface area contributed by atoms with Gasteiger partial charge in [0.15, 0.2) is 0 Å². The molecule has 20 heavy (non-hydrogen) atoms. The van der Waals surface area contributed by atoms with E-state index in [4.69, 9.17) is 9.84 Å². The molecule has 1 rings (SSSR count). The molecule has 1 aromatic carbocycles. The molecule has 108 valence electrons. The van der Waals surface area contributed by atoms with Crippen LogP contribution in [0.2, 0.25) is 0 Å². The number of halogens is 1. The standard InChI is InChI=1S/C14H16BrNO4/c1-16(2)12(17)8-9-20-14-10(6-7-13(18)19)4-3-5-11(14)15/h3-7H,8-9H2,1-2H3,(H,18,19). The lowest BCUT2D eigenvalue weighted by atomic mass is 10.2. The molecule has 6 heteroatoms. The van der Waals surface area contributed by atoms with Gasteiger partial charge in [0.2, 0.25) is 5.91 Å². The van der Waals surface area contributed by atoms with Gasteiger partial charge in [-0.15, -0.1) is 0 Å². The van der Waals surface area contributed by atoms with Crippen LogP contribution in [0.15, 0.2) is 28.7 Å². The molecule has 0 aliphatic rings. The molecule has 0 aliphatic carbocycles. The molecule has 0 heterocycles. The number of carbonyl (C=O) groups is 2. The highest BCUT2D eigenvalue weighted by molar-refractivity contribution is 9.10. The highest BCUT2D eigenvalue weighted by Gasteiger charge is 2.09. The highest BCUT2D eigenvalue weighted by atomic mass is 79.9. The van der Waals surface area contributed by atoms with E-state index in [0.717, 1.165) is 6.08 Å². The number of carbonyl (C=O) groups excluding carboxylic acids is 1. The topological polar surface area (TPSA) is 66.8 Å². The first-order valence-electron chi connectivity index (χ1n) is 5.94. The van der Waals surface area contributed by atoms with E-state index in [1.54, 1.807) is 32.3 Å². The quantitative estimate of drug-likeness (QED) is 0.807. The molecule has 0 spiro atoms. The van der Waals surface area contributed by atoms with E-state index in [1.807, 2.05) is 0 Å². The van der Waals surface area contributed by atoms with Gasteiger partial charge in [0, 0.05) is 25.7 Å². The SMILES string of the molecule is CN(C)C(=O)CCOc1c(Br)cccc1C=CC(=O)O. The van der Waals surface area contributed by atoms with E-state index in [9.17, 15) is 9.59 Å².